The van der Waals surface area contributed by atoms with Crippen LogP contribution in [0.3, 0.4) is 0 Å². The fraction of sp³-hybridized carbons (Fsp3) is 0.188. The number of fused-ring (bicyclic) bond motifs is 1. The highest BCUT2D eigenvalue weighted by Gasteiger charge is 2.13. The van der Waals surface area contributed by atoms with Crippen LogP contribution in [0.5, 0.6) is 0 Å². The second kappa shape index (κ2) is 5.29. The molecular weight excluding hydrogens is 318 g/mol. The molecule has 1 heterocycles. The van der Waals surface area contributed by atoms with Crippen LogP contribution in [0.15, 0.2) is 57.7 Å². The summed E-state index contributed by atoms with van der Waals surface area (Å²) in [5.41, 5.74) is 3.72. The fourth-order valence-corrected chi connectivity index (χ4v) is 2.94. The Morgan fingerprint density at radius 2 is 1.90 bits per heavy atom. The molecule has 1 atom stereocenters. The smallest absolute Gasteiger partial charge is 0.408 e. The van der Waals surface area contributed by atoms with Crippen LogP contribution in [-0.4, -0.2) is 4.57 Å². The van der Waals surface area contributed by atoms with Gasteiger partial charge in [0, 0.05) is 6.54 Å². The summed E-state index contributed by atoms with van der Waals surface area (Å²) in [6, 6.07) is 16.0. The van der Waals surface area contributed by atoms with E-state index in [0.29, 0.717) is 12.1 Å². The van der Waals surface area contributed by atoms with E-state index in [9.17, 15) is 4.79 Å². The third-order valence-corrected chi connectivity index (χ3v) is 4.45. The Bertz CT molecular complexity index is 789. The molecule has 1 unspecified atom stereocenters. The summed E-state index contributed by atoms with van der Waals surface area (Å²) in [7, 11) is 0. The minimum Gasteiger partial charge on any atom is -0.408 e. The maximum absolute atomic E-state index is 11.7. The molecule has 20 heavy (non-hydrogen) atoms. The van der Waals surface area contributed by atoms with E-state index >= 15 is 0 Å². The van der Waals surface area contributed by atoms with Crippen LogP contribution in [0.4, 0.5) is 0 Å². The van der Waals surface area contributed by atoms with Crippen molar-refractivity contribution < 1.29 is 4.42 Å². The number of aryl methyl sites for hydroxylation is 1. The van der Waals surface area contributed by atoms with Gasteiger partial charge in [0.15, 0.2) is 5.58 Å². The number of alkyl halides is 1. The number of benzene rings is 2. The maximum atomic E-state index is 11.7. The van der Waals surface area contributed by atoms with E-state index in [2.05, 4.69) is 28.1 Å². The molecule has 1 aromatic heterocycles. The molecule has 0 bridgehead atoms. The van der Waals surface area contributed by atoms with Crippen LogP contribution in [0.25, 0.3) is 11.1 Å². The maximum Gasteiger partial charge on any atom is 0.419 e. The first-order valence-corrected chi connectivity index (χ1v) is 7.44. The van der Waals surface area contributed by atoms with Crippen molar-refractivity contribution in [1.82, 2.24) is 4.57 Å². The normalized spacial score (nSPS) is 12.7. The zero-order valence-electron chi connectivity index (χ0n) is 11.0. The fourth-order valence-electron chi connectivity index (χ4n) is 2.35. The Balaban J connectivity index is 2.08. The summed E-state index contributed by atoms with van der Waals surface area (Å²) < 4.78 is 6.93. The van der Waals surface area contributed by atoms with Crippen molar-refractivity contribution >= 4 is 27.0 Å². The average Bonchev–Trinajstić information content (AvgIpc) is 2.81. The summed E-state index contributed by atoms with van der Waals surface area (Å²) in [5, 5.41) is 0. The van der Waals surface area contributed by atoms with Crippen LogP contribution in [-0.2, 0) is 6.54 Å². The molecule has 0 spiro atoms. The van der Waals surface area contributed by atoms with Crippen LogP contribution < -0.4 is 5.76 Å². The molecule has 3 nitrogen and oxygen atoms in total. The van der Waals surface area contributed by atoms with Gasteiger partial charge in [-0.2, -0.15) is 0 Å². The largest absolute Gasteiger partial charge is 0.419 e. The highest BCUT2D eigenvalue weighted by Crippen LogP contribution is 2.32. The van der Waals surface area contributed by atoms with Crippen molar-refractivity contribution in [3.63, 3.8) is 0 Å². The first-order valence-electron chi connectivity index (χ1n) is 6.53. The van der Waals surface area contributed by atoms with Gasteiger partial charge in [-0.15, -0.1) is 0 Å². The van der Waals surface area contributed by atoms with E-state index < -0.39 is 0 Å². The number of aromatic nitrogens is 1. The molecule has 0 radical (unpaired) electrons. The Morgan fingerprint density at radius 3 is 2.60 bits per heavy atom. The standard InChI is InChI=1S/C16H14BrNO2/c1-2-18-13-9-8-12(10-14(13)20-16(18)19)15(17)11-6-4-3-5-7-11/h3-10,15H,2H2,1H3. The molecule has 2 aromatic carbocycles. The van der Waals surface area contributed by atoms with Gasteiger partial charge in [0.1, 0.15) is 0 Å². The zero-order valence-corrected chi connectivity index (χ0v) is 12.6. The van der Waals surface area contributed by atoms with Crippen molar-refractivity contribution in [3.05, 3.63) is 70.2 Å². The van der Waals surface area contributed by atoms with Gasteiger partial charge in [0.05, 0.1) is 10.3 Å². The van der Waals surface area contributed by atoms with Crippen molar-refractivity contribution in [1.29, 1.82) is 0 Å². The molecule has 0 amide bonds. The van der Waals surface area contributed by atoms with E-state index in [1.165, 1.54) is 5.56 Å². The number of rotatable bonds is 3. The molecule has 3 rings (SSSR count). The lowest BCUT2D eigenvalue weighted by molar-refractivity contribution is 0.513. The Hall–Kier alpha value is -1.81. The molecule has 4 heteroatoms. The number of nitrogens with zero attached hydrogens (tertiary/aromatic N) is 1. The van der Waals surface area contributed by atoms with E-state index in [1.54, 1.807) is 4.57 Å². The molecule has 0 aliphatic rings. The topological polar surface area (TPSA) is 35.1 Å². The van der Waals surface area contributed by atoms with Gasteiger partial charge in [-0.1, -0.05) is 52.3 Å². The van der Waals surface area contributed by atoms with Gasteiger partial charge in [-0.3, -0.25) is 4.57 Å². The summed E-state index contributed by atoms with van der Waals surface area (Å²) in [6.45, 7) is 2.54. The first-order chi connectivity index (χ1) is 9.70. The van der Waals surface area contributed by atoms with Gasteiger partial charge in [-0.05, 0) is 30.2 Å². The zero-order chi connectivity index (χ0) is 14.1. The molecule has 3 aromatic rings. The Morgan fingerprint density at radius 1 is 1.15 bits per heavy atom. The second-order valence-electron chi connectivity index (χ2n) is 4.61. The van der Waals surface area contributed by atoms with Crippen LogP contribution in [0.1, 0.15) is 22.9 Å². The predicted molar refractivity (Wildman–Crippen MR) is 83.4 cm³/mol. The van der Waals surface area contributed by atoms with Gasteiger partial charge in [-0.25, -0.2) is 4.79 Å². The minimum absolute atomic E-state index is 0.0865. The summed E-state index contributed by atoms with van der Waals surface area (Å²) in [6.07, 6.45) is 0. The monoisotopic (exact) mass is 331 g/mol. The number of oxazole rings is 1. The molecule has 0 saturated heterocycles. The number of halogens is 1. The SMILES string of the molecule is CCn1c(=O)oc2cc(C(Br)c3ccccc3)ccc21. The molecule has 0 saturated carbocycles. The van der Waals surface area contributed by atoms with Crippen LogP contribution in [0, 0.1) is 0 Å². The molecule has 0 aliphatic heterocycles. The first kappa shape index (κ1) is 13.2. The van der Waals surface area contributed by atoms with Crippen molar-refractivity contribution in [3.8, 4) is 0 Å². The lowest BCUT2D eigenvalue weighted by atomic mass is 10.0. The predicted octanol–water partition coefficient (Wildman–Crippen LogP) is 4.10. The molecular formula is C16H14BrNO2. The summed E-state index contributed by atoms with van der Waals surface area (Å²) in [4.78, 5) is 11.8. The Labute approximate surface area is 125 Å². The van der Waals surface area contributed by atoms with Gasteiger partial charge >= 0.3 is 5.76 Å². The van der Waals surface area contributed by atoms with Crippen LogP contribution in [0.2, 0.25) is 0 Å². The minimum atomic E-state index is -0.300. The summed E-state index contributed by atoms with van der Waals surface area (Å²) >= 11 is 3.70. The van der Waals surface area contributed by atoms with Crippen molar-refractivity contribution in [2.45, 2.75) is 18.3 Å². The molecule has 0 fully saturated rings. The number of hydrogen-bond donors (Lipinski definition) is 0. The van der Waals surface area contributed by atoms with E-state index in [1.807, 2.05) is 43.3 Å². The molecule has 0 aliphatic carbocycles. The van der Waals surface area contributed by atoms with Crippen LogP contribution >= 0.6 is 15.9 Å². The third-order valence-electron chi connectivity index (χ3n) is 3.39. The second-order valence-corrected chi connectivity index (χ2v) is 5.53. The average molecular weight is 332 g/mol. The Kier molecular flexibility index (Phi) is 3.49. The lowest BCUT2D eigenvalue weighted by Crippen LogP contribution is -2.11. The lowest BCUT2D eigenvalue weighted by Gasteiger charge is -2.10. The van der Waals surface area contributed by atoms with E-state index in [-0.39, 0.29) is 10.6 Å². The number of hydrogen-bond acceptors (Lipinski definition) is 2. The molecule has 102 valence electrons. The highest BCUT2D eigenvalue weighted by molar-refractivity contribution is 9.09. The van der Waals surface area contributed by atoms with Gasteiger partial charge in [0.2, 0.25) is 0 Å². The van der Waals surface area contributed by atoms with Crippen molar-refractivity contribution in [2.24, 2.45) is 0 Å². The van der Waals surface area contributed by atoms with Gasteiger partial charge in [0.25, 0.3) is 0 Å². The molecule has 0 N–H and O–H groups in total. The third kappa shape index (κ3) is 2.20. The van der Waals surface area contributed by atoms with Gasteiger partial charge < -0.3 is 4.42 Å². The van der Waals surface area contributed by atoms with Crippen molar-refractivity contribution in [2.75, 3.05) is 0 Å². The van der Waals surface area contributed by atoms with E-state index in [4.69, 9.17) is 4.42 Å². The van der Waals surface area contributed by atoms with E-state index in [0.717, 1.165) is 11.1 Å². The summed E-state index contributed by atoms with van der Waals surface area (Å²) in [5.74, 6) is -0.300. The highest BCUT2D eigenvalue weighted by atomic mass is 79.9. The quantitative estimate of drug-likeness (QED) is 0.677.